The SMILES string of the molecule is CCCNc1cncc(C(=O)NCCNC(N)=O)n1. The van der Waals surface area contributed by atoms with Crippen LogP contribution in [0.2, 0.25) is 0 Å². The van der Waals surface area contributed by atoms with Gasteiger partial charge in [0.15, 0.2) is 0 Å². The maximum atomic E-state index is 11.7. The summed E-state index contributed by atoms with van der Waals surface area (Å²) in [5.41, 5.74) is 5.12. The molecule has 19 heavy (non-hydrogen) atoms. The summed E-state index contributed by atoms with van der Waals surface area (Å²) >= 11 is 0. The molecule has 0 aliphatic heterocycles. The number of carbonyl (C=O) groups is 2. The third-order valence-corrected chi connectivity index (χ3v) is 2.13. The quantitative estimate of drug-likeness (QED) is 0.504. The van der Waals surface area contributed by atoms with Crippen molar-refractivity contribution in [1.29, 1.82) is 0 Å². The number of anilines is 1. The summed E-state index contributed by atoms with van der Waals surface area (Å²) in [5, 5.41) is 8.01. The molecule has 5 N–H and O–H groups in total. The molecule has 0 aromatic carbocycles. The summed E-state index contributed by atoms with van der Waals surface area (Å²) in [6.45, 7) is 3.34. The molecule has 0 atom stereocenters. The lowest BCUT2D eigenvalue weighted by Crippen LogP contribution is -2.37. The molecule has 104 valence electrons. The van der Waals surface area contributed by atoms with Crippen LogP contribution >= 0.6 is 0 Å². The number of primary amides is 1. The first-order chi connectivity index (χ1) is 9.13. The molecular formula is C11H18N6O2. The monoisotopic (exact) mass is 266 g/mol. The summed E-state index contributed by atoms with van der Waals surface area (Å²) in [7, 11) is 0. The van der Waals surface area contributed by atoms with Crippen LogP contribution < -0.4 is 21.7 Å². The highest BCUT2D eigenvalue weighted by molar-refractivity contribution is 5.92. The molecule has 1 aromatic heterocycles. The minimum Gasteiger partial charge on any atom is -0.369 e. The van der Waals surface area contributed by atoms with Gasteiger partial charge >= 0.3 is 6.03 Å². The predicted octanol–water partition coefficient (Wildman–Crippen LogP) is -0.303. The lowest BCUT2D eigenvalue weighted by atomic mass is 10.4. The van der Waals surface area contributed by atoms with Crippen molar-refractivity contribution in [3.8, 4) is 0 Å². The molecule has 8 nitrogen and oxygen atoms in total. The zero-order valence-corrected chi connectivity index (χ0v) is 10.8. The van der Waals surface area contributed by atoms with Gasteiger partial charge in [-0.2, -0.15) is 0 Å². The van der Waals surface area contributed by atoms with Gasteiger partial charge in [0.25, 0.3) is 5.91 Å². The van der Waals surface area contributed by atoms with Crippen LogP contribution in [0.4, 0.5) is 10.6 Å². The number of rotatable bonds is 7. The maximum Gasteiger partial charge on any atom is 0.312 e. The first-order valence-corrected chi connectivity index (χ1v) is 6.01. The highest BCUT2D eigenvalue weighted by Crippen LogP contribution is 2.01. The lowest BCUT2D eigenvalue weighted by molar-refractivity contribution is 0.0948. The second kappa shape index (κ2) is 7.85. The van der Waals surface area contributed by atoms with E-state index in [-0.39, 0.29) is 24.7 Å². The Hall–Kier alpha value is -2.38. The number of carbonyl (C=O) groups excluding carboxylic acids is 2. The van der Waals surface area contributed by atoms with Crippen LogP contribution in [0.25, 0.3) is 0 Å². The van der Waals surface area contributed by atoms with Gasteiger partial charge in [0.2, 0.25) is 0 Å². The molecule has 0 aliphatic rings. The van der Waals surface area contributed by atoms with E-state index in [0.29, 0.717) is 5.82 Å². The molecular weight excluding hydrogens is 248 g/mol. The van der Waals surface area contributed by atoms with Crippen LogP contribution in [-0.2, 0) is 0 Å². The van der Waals surface area contributed by atoms with Gasteiger partial charge in [-0.05, 0) is 6.42 Å². The summed E-state index contributed by atoms with van der Waals surface area (Å²) in [6.07, 6.45) is 3.89. The molecule has 0 saturated heterocycles. The molecule has 0 saturated carbocycles. The maximum absolute atomic E-state index is 11.7. The number of nitrogens with one attached hydrogen (secondary N) is 3. The fourth-order valence-electron chi connectivity index (χ4n) is 1.27. The van der Waals surface area contributed by atoms with Crippen molar-refractivity contribution in [2.75, 3.05) is 25.0 Å². The Morgan fingerprint density at radius 2 is 1.95 bits per heavy atom. The number of urea groups is 1. The van der Waals surface area contributed by atoms with Gasteiger partial charge in [-0.3, -0.25) is 9.78 Å². The van der Waals surface area contributed by atoms with Gasteiger partial charge in [-0.1, -0.05) is 6.92 Å². The van der Waals surface area contributed by atoms with Crippen molar-refractivity contribution < 1.29 is 9.59 Å². The Labute approximate surface area is 111 Å². The van der Waals surface area contributed by atoms with Crippen LogP contribution in [0.1, 0.15) is 23.8 Å². The molecule has 1 heterocycles. The average molecular weight is 266 g/mol. The molecule has 0 radical (unpaired) electrons. The average Bonchev–Trinajstić information content (AvgIpc) is 2.41. The third kappa shape index (κ3) is 5.66. The summed E-state index contributed by atoms with van der Waals surface area (Å²) in [4.78, 5) is 30.2. The van der Waals surface area contributed by atoms with E-state index >= 15 is 0 Å². The molecule has 0 unspecified atom stereocenters. The van der Waals surface area contributed by atoms with Crippen LogP contribution in [-0.4, -0.2) is 41.5 Å². The minimum absolute atomic E-state index is 0.222. The van der Waals surface area contributed by atoms with Gasteiger partial charge in [0.05, 0.1) is 12.4 Å². The summed E-state index contributed by atoms with van der Waals surface area (Å²) in [5.74, 6) is 0.212. The molecule has 0 spiro atoms. The van der Waals surface area contributed by atoms with Crippen molar-refractivity contribution >= 4 is 17.8 Å². The first kappa shape index (κ1) is 14.7. The summed E-state index contributed by atoms with van der Waals surface area (Å²) < 4.78 is 0. The Balaban J connectivity index is 2.45. The number of hydrogen-bond donors (Lipinski definition) is 4. The van der Waals surface area contributed by atoms with Crippen LogP contribution in [0.3, 0.4) is 0 Å². The van der Waals surface area contributed by atoms with Crippen molar-refractivity contribution in [1.82, 2.24) is 20.6 Å². The third-order valence-electron chi connectivity index (χ3n) is 2.13. The predicted molar refractivity (Wildman–Crippen MR) is 70.7 cm³/mol. The minimum atomic E-state index is -0.625. The standard InChI is InChI=1S/C11H18N6O2/c1-2-3-14-9-7-13-6-8(17-9)10(18)15-4-5-16-11(12)19/h6-7H,2-5H2,1H3,(H,14,17)(H,15,18)(H3,12,16,19). The number of nitrogens with two attached hydrogens (primary N) is 1. The van der Waals surface area contributed by atoms with Crippen molar-refractivity contribution in [3.05, 3.63) is 18.1 Å². The number of amides is 3. The van der Waals surface area contributed by atoms with Gasteiger partial charge in [0.1, 0.15) is 11.5 Å². The van der Waals surface area contributed by atoms with E-state index in [4.69, 9.17) is 5.73 Å². The zero-order chi connectivity index (χ0) is 14.1. The highest BCUT2D eigenvalue weighted by atomic mass is 16.2. The second-order valence-electron chi connectivity index (χ2n) is 3.76. The molecule has 0 bridgehead atoms. The lowest BCUT2D eigenvalue weighted by Gasteiger charge is -2.07. The van der Waals surface area contributed by atoms with Crippen LogP contribution in [0, 0.1) is 0 Å². The molecule has 3 amide bonds. The van der Waals surface area contributed by atoms with E-state index < -0.39 is 6.03 Å². The number of hydrogen-bond acceptors (Lipinski definition) is 5. The van der Waals surface area contributed by atoms with Crippen molar-refractivity contribution in [3.63, 3.8) is 0 Å². The Morgan fingerprint density at radius 3 is 2.63 bits per heavy atom. The molecule has 0 aliphatic carbocycles. The van der Waals surface area contributed by atoms with E-state index in [1.807, 2.05) is 6.92 Å². The van der Waals surface area contributed by atoms with Crippen LogP contribution in [0.15, 0.2) is 12.4 Å². The van der Waals surface area contributed by atoms with Gasteiger partial charge < -0.3 is 21.7 Å². The van der Waals surface area contributed by atoms with Crippen molar-refractivity contribution in [2.24, 2.45) is 5.73 Å². The van der Waals surface area contributed by atoms with Gasteiger partial charge in [0, 0.05) is 19.6 Å². The van der Waals surface area contributed by atoms with E-state index in [2.05, 4.69) is 25.9 Å². The Bertz CT molecular complexity index is 437. The van der Waals surface area contributed by atoms with E-state index in [0.717, 1.165) is 13.0 Å². The molecule has 1 rings (SSSR count). The van der Waals surface area contributed by atoms with Crippen LogP contribution in [0.5, 0.6) is 0 Å². The van der Waals surface area contributed by atoms with Crippen molar-refractivity contribution in [2.45, 2.75) is 13.3 Å². The zero-order valence-electron chi connectivity index (χ0n) is 10.8. The normalized spacial score (nSPS) is 9.74. The Morgan fingerprint density at radius 1 is 1.21 bits per heavy atom. The molecule has 1 aromatic rings. The smallest absolute Gasteiger partial charge is 0.312 e. The fraction of sp³-hybridized carbons (Fsp3) is 0.455. The van der Waals surface area contributed by atoms with Gasteiger partial charge in [-0.25, -0.2) is 9.78 Å². The number of aromatic nitrogens is 2. The Kier molecular flexibility index (Phi) is 6.07. The molecule has 0 fully saturated rings. The van der Waals surface area contributed by atoms with Gasteiger partial charge in [-0.15, -0.1) is 0 Å². The van der Waals surface area contributed by atoms with E-state index in [1.165, 1.54) is 6.20 Å². The fourth-order valence-corrected chi connectivity index (χ4v) is 1.27. The topological polar surface area (TPSA) is 122 Å². The first-order valence-electron chi connectivity index (χ1n) is 6.01. The second-order valence-corrected chi connectivity index (χ2v) is 3.76. The highest BCUT2D eigenvalue weighted by Gasteiger charge is 2.07. The summed E-state index contributed by atoms with van der Waals surface area (Å²) in [6, 6.07) is -0.625. The van der Waals surface area contributed by atoms with E-state index in [1.54, 1.807) is 6.20 Å². The largest absolute Gasteiger partial charge is 0.369 e. The van der Waals surface area contributed by atoms with E-state index in [9.17, 15) is 9.59 Å². The molecule has 8 heteroatoms. The number of nitrogens with zero attached hydrogens (tertiary/aromatic N) is 2.